The number of amides is 1. The van der Waals surface area contributed by atoms with Gasteiger partial charge in [0, 0.05) is 6.42 Å². The first-order chi connectivity index (χ1) is 11.9. The molecule has 6 heteroatoms. The van der Waals surface area contributed by atoms with E-state index in [0.29, 0.717) is 12.0 Å². The first-order valence-electron chi connectivity index (χ1n) is 9.34. The molecular formula is C19H32NO4P. The normalized spacial score (nSPS) is 12.8. The molecular weight excluding hydrogens is 337 g/mol. The Morgan fingerprint density at radius 3 is 2.00 bits per heavy atom. The summed E-state index contributed by atoms with van der Waals surface area (Å²) in [6.07, 6.45) is 10.8. The van der Waals surface area contributed by atoms with E-state index in [2.05, 4.69) is 12.2 Å². The number of benzene rings is 1. The highest BCUT2D eigenvalue weighted by molar-refractivity contribution is 7.52. The predicted octanol–water partition coefficient (Wildman–Crippen LogP) is 4.90. The standard InChI is InChI=1S/C19H32NO4P/c1-2-3-4-5-6-7-8-9-13-16-18(21)20-19(25(22,23)24)17-14-11-10-12-15-17/h10-12,14-15,19H,2-9,13,16H2,1H3,(H,20,21)(H2,22,23,24). The van der Waals surface area contributed by atoms with Gasteiger partial charge in [0.15, 0.2) is 5.78 Å². The molecule has 0 spiro atoms. The third-order valence-corrected chi connectivity index (χ3v) is 5.36. The molecule has 5 nitrogen and oxygen atoms in total. The molecule has 142 valence electrons. The van der Waals surface area contributed by atoms with Gasteiger partial charge in [0.2, 0.25) is 5.91 Å². The molecule has 0 aromatic heterocycles. The van der Waals surface area contributed by atoms with Crippen molar-refractivity contribution in [3.63, 3.8) is 0 Å². The van der Waals surface area contributed by atoms with Gasteiger partial charge in [0.1, 0.15) is 0 Å². The topological polar surface area (TPSA) is 86.6 Å². The van der Waals surface area contributed by atoms with Crippen LogP contribution in [0.2, 0.25) is 0 Å². The third-order valence-electron chi connectivity index (χ3n) is 4.26. The van der Waals surface area contributed by atoms with Crippen LogP contribution < -0.4 is 5.32 Å². The van der Waals surface area contributed by atoms with Crippen molar-refractivity contribution in [3.8, 4) is 0 Å². The lowest BCUT2D eigenvalue weighted by atomic mass is 10.1. The van der Waals surface area contributed by atoms with E-state index in [4.69, 9.17) is 0 Å². The number of carbonyl (C=O) groups is 1. The summed E-state index contributed by atoms with van der Waals surface area (Å²) in [5, 5.41) is 2.50. The fourth-order valence-electron chi connectivity index (χ4n) is 2.82. The van der Waals surface area contributed by atoms with Crippen LogP contribution in [0.3, 0.4) is 0 Å². The summed E-state index contributed by atoms with van der Waals surface area (Å²) < 4.78 is 11.7. The van der Waals surface area contributed by atoms with Crippen molar-refractivity contribution in [1.29, 1.82) is 0 Å². The summed E-state index contributed by atoms with van der Waals surface area (Å²) in [6.45, 7) is 2.21. The van der Waals surface area contributed by atoms with Gasteiger partial charge in [-0.25, -0.2) is 0 Å². The summed E-state index contributed by atoms with van der Waals surface area (Å²) in [5.41, 5.74) is 0.427. The van der Waals surface area contributed by atoms with Crippen molar-refractivity contribution in [2.75, 3.05) is 0 Å². The van der Waals surface area contributed by atoms with Crippen LogP contribution in [-0.4, -0.2) is 15.7 Å². The molecule has 0 saturated carbocycles. The molecule has 0 heterocycles. The van der Waals surface area contributed by atoms with Gasteiger partial charge in [-0.3, -0.25) is 9.36 Å². The Morgan fingerprint density at radius 2 is 1.48 bits per heavy atom. The zero-order chi connectivity index (χ0) is 18.5. The fraction of sp³-hybridized carbons (Fsp3) is 0.632. The minimum Gasteiger partial charge on any atom is -0.338 e. The molecule has 1 aromatic rings. The summed E-state index contributed by atoms with van der Waals surface area (Å²) in [6, 6.07) is 8.39. The lowest BCUT2D eigenvalue weighted by Crippen LogP contribution is -2.28. The van der Waals surface area contributed by atoms with E-state index in [-0.39, 0.29) is 5.91 Å². The lowest BCUT2D eigenvalue weighted by molar-refractivity contribution is -0.121. The van der Waals surface area contributed by atoms with E-state index >= 15 is 0 Å². The van der Waals surface area contributed by atoms with Crippen molar-refractivity contribution in [2.24, 2.45) is 0 Å². The van der Waals surface area contributed by atoms with E-state index in [9.17, 15) is 19.1 Å². The van der Waals surface area contributed by atoms with Crippen LogP contribution in [0.1, 0.15) is 82.5 Å². The maximum atomic E-state index is 12.0. The Balaban J connectivity index is 2.26. The maximum Gasteiger partial charge on any atom is 0.352 e. The van der Waals surface area contributed by atoms with E-state index in [1.165, 1.54) is 38.5 Å². The molecule has 1 aromatic carbocycles. The van der Waals surface area contributed by atoms with Gasteiger partial charge in [0.25, 0.3) is 0 Å². The molecule has 0 aliphatic heterocycles. The number of nitrogens with one attached hydrogen (secondary N) is 1. The van der Waals surface area contributed by atoms with Crippen LogP contribution in [0.5, 0.6) is 0 Å². The highest BCUT2D eigenvalue weighted by atomic mass is 31.2. The predicted molar refractivity (Wildman–Crippen MR) is 101 cm³/mol. The molecule has 1 atom stereocenters. The second-order valence-corrected chi connectivity index (χ2v) is 8.24. The molecule has 1 rings (SSSR count). The average Bonchev–Trinajstić information content (AvgIpc) is 2.58. The highest BCUT2D eigenvalue weighted by Crippen LogP contribution is 2.49. The fourth-order valence-corrected chi connectivity index (χ4v) is 3.69. The van der Waals surface area contributed by atoms with Gasteiger partial charge in [-0.05, 0) is 12.0 Å². The van der Waals surface area contributed by atoms with Crippen LogP contribution in [0, 0.1) is 0 Å². The number of unbranched alkanes of at least 4 members (excludes halogenated alkanes) is 8. The minimum absolute atomic E-state index is 0.305. The smallest absolute Gasteiger partial charge is 0.338 e. The number of rotatable bonds is 13. The molecule has 1 amide bonds. The van der Waals surface area contributed by atoms with E-state index in [1.807, 2.05) is 0 Å². The van der Waals surface area contributed by atoms with Gasteiger partial charge >= 0.3 is 7.60 Å². The van der Waals surface area contributed by atoms with Crippen LogP contribution in [-0.2, 0) is 9.36 Å². The zero-order valence-corrected chi connectivity index (χ0v) is 16.1. The molecule has 0 aliphatic carbocycles. The first-order valence-corrected chi connectivity index (χ1v) is 11.0. The van der Waals surface area contributed by atoms with Crippen LogP contribution in [0.4, 0.5) is 0 Å². The third kappa shape index (κ3) is 9.78. The number of hydrogen-bond acceptors (Lipinski definition) is 2. The van der Waals surface area contributed by atoms with Gasteiger partial charge in [0.05, 0.1) is 0 Å². The SMILES string of the molecule is CCCCCCCCCCCC(=O)NC(c1ccccc1)P(=O)(O)O. The minimum atomic E-state index is -4.45. The monoisotopic (exact) mass is 369 g/mol. The van der Waals surface area contributed by atoms with Crippen molar-refractivity contribution >= 4 is 13.5 Å². The first kappa shape index (κ1) is 21.9. The second-order valence-electron chi connectivity index (χ2n) is 6.55. The van der Waals surface area contributed by atoms with Crippen LogP contribution in [0.15, 0.2) is 30.3 Å². The van der Waals surface area contributed by atoms with Gasteiger partial charge in [-0.1, -0.05) is 88.6 Å². The van der Waals surface area contributed by atoms with Crippen LogP contribution in [0.25, 0.3) is 0 Å². The highest BCUT2D eigenvalue weighted by Gasteiger charge is 2.31. The number of hydrogen-bond donors (Lipinski definition) is 3. The Kier molecular flexibility index (Phi) is 10.7. The molecule has 3 N–H and O–H groups in total. The second kappa shape index (κ2) is 12.2. The maximum absolute atomic E-state index is 12.0. The Hall–Kier alpha value is -1.16. The van der Waals surface area contributed by atoms with E-state index in [0.717, 1.165) is 19.3 Å². The molecule has 1 unspecified atom stereocenters. The summed E-state index contributed by atoms with van der Waals surface area (Å²) in [5.74, 6) is -1.57. The van der Waals surface area contributed by atoms with Crippen molar-refractivity contribution in [1.82, 2.24) is 5.32 Å². The molecule has 0 fully saturated rings. The molecule has 25 heavy (non-hydrogen) atoms. The summed E-state index contributed by atoms with van der Waals surface area (Å²) >= 11 is 0. The van der Waals surface area contributed by atoms with E-state index in [1.54, 1.807) is 30.3 Å². The summed E-state index contributed by atoms with van der Waals surface area (Å²) in [4.78, 5) is 31.0. The quantitative estimate of drug-likeness (QED) is 0.341. The van der Waals surface area contributed by atoms with E-state index < -0.39 is 13.4 Å². The van der Waals surface area contributed by atoms with Gasteiger partial charge in [-0.15, -0.1) is 0 Å². The van der Waals surface area contributed by atoms with Gasteiger partial charge in [-0.2, -0.15) is 0 Å². The van der Waals surface area contributed by atoms with Crippen LogP contribution >= 0.6 is 7.60 Å². The Morgan fingerprint density at radius 1 is 0.960 bits per heavy atom. The molecule has 0 radical (unpaired) electrons. The number of carbonyl (C=O) groups excluding carboxylic acids is 1. The lowest BCUT2D eigenvalue weighted by Gasteiger charge is -2.20. The summed E-state index contributed by atoms with van der Waals surface area (Å²) in [7, 11) is -4.45. The molecule has 0 saturated heterocycles. The Bertz CT molecular complexity index is 529. The van der Waals surface area contributed by atoms with Gasteiger partial charge < -0.3 is 15.1 Å². The molecule has 0 aliphatic rings. The zero-order valence-electron chi connectivity index (χ0n) is 15.2. The average molecular weight is 369 g/mol. The van der Waals surface area contributed by atoms with Crippen molar-refractivity contribution in [3.05, 3.63) is 35.9 Å². The largest absolute Gasteiger partial charge is 0.352 e. The Labute approximate surface area is 151 Å². The van der Waals surface area contributed by atoms with Crippen molar-refractivity contribution in [2.45, 2.75) is 76.9 Å². The van der Waals surface area contributed by atoms with Crippen molar-refractivity contribution < 1.29 is 19.1 Å². The molecule has 0 bridgehead atoms.